The molecule has 6 rings (SSSR count). The molecule has 46 heavy (non-hydrogen) atoms. The minimum atomic E-state index is -0.868. The van der Waals surface area contributed by atoms with Gasteiger partial charge in [0.1, 0.15) is 30.0 Å². The van der Waals surface area contributed by atoms with Crippen LogP contribution in [-0.2, 0) is 17.8 Å². The van der Waals surface area contributed by atoms with E-state index in [9.17, 15) is 14.4 Å². The molecule has 10 nitrogen and oxygen atoms in total. The Labute approximate surface area is 273 Å². The number of hydrogen-bond acceptors (Lipinski definition) is 7. The summed E-state index contributed by atoms with van der Waals surface area (Å²) in [6.07, 6.45) is 11.5. The third-order valence-corrected chi connectivity index (χ3v) is 9.93. The highest BCUT2D eigenvalue weighted by molar-refractivity contribution is 6.30. The van der Waals surface area contributed by atoms with Crippen molar-refractivity contribution in [1.29, 1.82) is 0 Å². The number of ether oxygens (including phenoxy) is 1. The van der Waals surface area contributed by atoms with Crippen LogP contribution < -0.4 is 15.5 Å². The van der Waals surface area contributed by atoms with Crippen LogP contribution in [0, 0.1) is 11.3 Å². The van der Waals surface area contributed by atoms with Gasteiger partial charge in [0.25, 0.3) is 5.91 Å². The summed E-state index contributed by atoms with van der Waals surface area (Å²) in [6, 6.07) is 12.4. The molecule has 2 aliphatic rings. The molecule has 11 heteroatoms. The van der Waals surface area contributed by atoms with Gasteiger partial charge in [-0.2, -0.15) is 5.10 Å². The lowest BCUT2D eigenvalue weighted by Gasteiger charge is -2.48. The number of piperidine rings is 1. The minimum absolute atomic E-state index is 0.0381. The number of rotatable bonds is 10. The summed E-state index contributed by atoms with van der Waals surface area (Å²) in [4.78, 5) is 46.7. The summed E-state index contributed by atoms with van der Waals surface area (Å²) < 4.78 is 13.3. The molecule has 1 saturated carbocycles. The summed E-state index contributed by atoms with van der Waals surface area (Å²) >= 11 is 6.12. The maximum atomic E-state index is 14.2. The van der Waals surface area contributed by atoms with E-state index in [1.165, 1.54) is 38.2 Å². The van der Waals surface area contributed by atoms with E-state index in [1.54, 1.807) is 43.0 Å². The lowest BCUT2D eigenvalue weighted by molar-refractivity contribution is -0.136. The number of aromatic nitrogens is 3. The largest absolute Gasteiger partial charge is 0.494 e. The lowest BCUT2D eigenvalue weighted by atomic mass is 9.63. The molecule has 1 aliphatic carbocycles. The first-order valence-electron chi connectivity index (χ1n) is 16.2. The van der Waals surface area contributed by atoms with E-state index in [0.29, 0.717) is 41.8 Å². The van der Waals surface area contributed by atoms with Gasteiger partial charge in [-0.15, -0.1) is 0 Å². The van der Waals surface area contributed by atoms with Crippen molar-refractivity contribution in [3.05, 3.63) is 87.8 Å². The molecule has 4 aromatic rings. The zero-order chi connectivity index (χ0) is 32.1. The molecule has 2 amide bonds. The first kappa shape index (κ1) is 31.8. The lowest BCUT2D eigenvalue weighted by Crippen LogP contribution is -2.54. The number of benzene rings is 2. The van der Waals surface area contributed by atoms with Gasteiger partial charge in [0.05, 0.1) is 12.0 Å². The number of carbonyl (C=O) groups excluding carboxylic acids is 2. The first-order valence-corrected chi connectivity index (χ1v) is 16.6. The van der Waals surface area contributed by atoms with Gasteiger partial charge in [0.15, 0.2) is 11.2 Å². The van der Waals surface area contributed by atoms with Crippen LogP contribution in [0.15, 0.2) is 70.4 Å². The van der Waals surface area contributed by atoms with E-state index in [1.807, 2.05) is 28.6 Å². The van der Waals surface area contributed by atoms with Gasteiger partial charge in [-0.05, 0) is 79.8 Å². The quantitative estimate of drug-likeness (QED) is 0.236. The van der Waals surface area contributed by atoms with Gasteiger partial charge in [-0.3, -0.25) is 19.1 Å². The van der Waals surface area contributed by atoms with Crippen molar-refractivity contribution in [2.45, 2.75) is 70.9 Å². The number of amides is 2. The summed E-state index contributed by atoms with van der Waals surface area (Å²) in [5.41, 5.74) is 0.794. The number of fused-ring (bicyclic) bond motifs is 1. The van der Waals surface area contributed by atoms with Gasteiger partial charge >= 0.3 is 0 Å². The highest BCUT2D eigenvalue weighted by Gasteiger charge is 2.44. The Hall–Kier alpha value is -4.18. The second-order valence-corrected chi connectivity index (χ2v) is 13.0. The number of hydrogen-bond donors (Lipinski definition) is 1. The summed E-state index contributed by atoms with van der Waals surface area (Å²) in [6.45, 7) is 4.28. The zero-order valence-corrected chi connectivity index (χ0v) is 26.9. The summed E-state index contributed by atoms with van der Waals surface area (Å²) in [5.74, 6) is 0.181. The van der Waals surface area contributed by atoms with Crippen molar-refractivity contribution in [1.82, 2.24) is 25.0 Å². The van der Waals surface area contributed by atoms with Crippen molar-refractivity contribution < 1.29 is 18.7 Å². The van der Waals surface area contributed by atoms with Gasteiger partial charge < -0.3 is 19.4 Å². The molecule has 0 unspecified atom stereocenters. The molecular formula is C35H40ClN5O5. The second-order valence-electron chi connectivity index (χ2n) is 12.5. The predicted molar refractivity (Wildman–Crippen MR) is 175 cm³/mol. The van der Waals surface area contributed by atoms with E-state index in [2.05, 4.69) is 15.4 Å². The van der Waals surface area contributed by atoms with Crippen LogP contribution in [0.4, 0.5) is 0 Å². The normalized spacial score (nSPS) is 17.5. The van der Waals surface area contributed by atoms with Crippen LogP contribution in [0.1, 0.15) is 68.0 Å². The Kier molecular flexibility index (Phi) is 9.72. The van der Waals surface area contributed by atoms with Crippen molar-refractivity contribution in [2.24, 2.45) is 11.3 Å². The number of nitrogens with zero attached hydrogens (tertiary/aromatic N) is 4. The topological polar surface area (TPSA) is 120 Å². The van der Waals surface area contributed by atoms with Gasteiger partial charge in [-0.25, -0.2) is 4.98 Å². The van der Waals surface area contributed by atoms with Crippen molar-refractivity contribution >= 4 is 34.4 Å². The van der Waals surface area contributed by atoms with Crippen molar-refractivity contribution in [2.75, 3.05) is 19.7 Å². The van der Waals surface area contributed by atoms with Gasteiger partial charge in [0, 0.05) is 37.1 Å². The summed E-state index contributed by atoms with van der Waals surface area (Å²) in [5, 5.41) is 8.21. The number of carbonyl (C=O) groups is 2. The monoisotopic (exact) mass is 645 g/mol. The predicted octanol–water partition coefficient (Wildman–Crippen LogP) is 5.67. The standard InChI is InChI=1S/C35H40ClN5O5/c1-2-45-27-12-13-31-28(19-27)30(42)20-32(46-31)33(43)39-29(18-24-8-10-26(36)11-9-24)34(44)40-16-14-35(15-17-40,21-41-23-37-22-38-41)25-6-4-3-5-7-25/h8-13,19-20,22-23,25,29H,2-7,14-18,21H2,1H3,(H,39,43)/t29-/m1/s1. The molecule has 1 atom stereocenters. The van der Waals surface area contributed by atoms with Gasteiger partial charge in [0.2, 0.25) is 5.91 Å². The Balaban J connectivity index is 1.22. The fourth-order valence-corrected chi connectivity index (χ4v) is 7.36. The van der Waals surface area contributed by atoms with E-state index in [4.69, 9.17) is 20.8 Å². The van der Waals surface area contributed by atoms with E-state index in [-0.39, 0.29) is 34.5 Å². The molecule has 2 fully saturated rings. The number of likely N-dealkylation sites (tertiary alicyclic amines) is 1. The Morgan fingerprint density at radius 1 is 1.09 bits per heavy atom. The second kappa shape index (κ2) is 14.1. The molecule has 3 heterocycles. The Morgan fingerprint density at radius 3 is 2.54 bits per heavy atom. The Morgan fingerprint density at radius 2 is 1.85 bits per heavy atom. The number of halogens is 1. The smallest absolute Gasteiger partial charge is 0.287 e. The third-order valence-electron chi connectivity index (χ3n) is 9.68. The van der Waals surface area contributed by atoms with Crippen LogP contribution in [0.5, 0.6) is 5.75 Å². The van der Waals surface area contributed by atoms with Crippen LogP contribution in [0.3, 0.4) is 0 Å². The molecule has 1 aliphatic heterocycles. The van der Waals surface area contributed by atoms with Gasteiger partial charge in [-0.1, -0.05) is 43.0 Å². The third kappa shape index (κ3) is 7.12. The van der Waals surface area contributed by atoms with Crippen molar-refractivity contribution in [3.8, 4) is 5.75 Å². The van der Waals surface area contributed by atoms with E-state index < -0.39 is 11.9 Å². The molecule has 2 aromatic carbocycles. The summed E-state index contributed by atoms with van der Waals surface area (Å²) in [7, 11) is 0. The molecule has 0 radical (unpaired) electrons. The van der Waals surface area contributed by atoms with E-state index >= 15 is 0 Å². The maximum absolute atomic E-state index is 14.2. The molecule has 0 spiro atoms. The molecule has 2 aromatic heterocycles. The fourth-order valence-electron chi connectivity index (χ4n) is 7.23. The molecular weight excluding hydrogens is 606 g/mol. The van der Waals surface area contributed by atoms with Crippen LogP contribution in [0.25, 0.3) is 11.0 Å². The minimum Gasteiger partial charge on any atom is -0.494 e. The van der Waals surface area contributed by atoms with Crippen LogP contribution in [-0.4, -0.2) is 57.2 Å². The fraction of sp³-hybridized carbons (Fsp3) is 0.457. The van der Waals surface area contributed by atoms with Crippen LogP contribution in [0.2, 0.25) is 5.02 Å². The maximum Gasteiger partial charge on any atom is 0.287 e. The highest BCUT2D eigenvalue weighted by Crippen LogP contribution is 2.47. The van der Waals surface area contributed by atoms with Crippen molar-refractivity contribution in [3.63, 3.8) is 0 Å². The molecule has 1 saturated heterocycles. The molecule has 242 valence electrons. The van der Waals surface area contributed by atoms with Crippen LogP contribution >= 0.6 is 11.6 Å². The number of nitrogens with one attached hydrogen (secondary N) is 1. The Bertz CT molecular complexity index is 1710. The molecule has 0 bridgehead atoms. The highest BCUT2D eigenvalue weighted by atomic mass is 35.5. The van der Waals surface area contributed by atoms with E-state index in [0.717, 1.165) is 24.9 Å². The SMILES string of the molecule is CCOc1ccc2oc(C(=O)N[C@H](Cc3ccc(Cl)cc3)C(=O)N3CCC(Cn4cncn4)(C4CCCCC4)CC3)cc(=O)c2c1. The average Bonchev–Trinajstić information content (AvgIpc) is 3.59. The molecule has 1 N–H and O–H groups in total. The zero-order valence-electron chi connectivity index (χ0n) is 26.1. The first-order chi connectivity index (χ1) is 22.3. The average molecular weight is 646 g/mol.